The molecule has 1 amide bonds. The Morgan fingerprint density at radius 1 is 1.38 bits per heavy atom. The van der Waals surface area contributed by atoms with Crippen molar-refractivity contribution in [3.63, 3.8) is 0 Å². The number of benzene rings is 1. The Morgan fingerprint density at radius 3 is 2.81 bits per heavy atom. The highest BCUT2D eigenvalue weighted by Crippen LogP contribution is 2.31. The summed E-state index contributed by atoms with van der Waals surface area (Å²) in [4.78, 5) is 24.6. The number of anilines is 1. The molecule has 3 aromatic rings. The van der Waals surface area contributed by atoms with E-state index >= 15 is 0 Å². The number of hydrogen-bond donors (Lipinski definition) is 1. The van der Waals surface area contributed by atoms with Crippen molar-refractivity contribution in [3.05, 3.63) is 43.7 Å². The second kappa shape index (κ2) is 7.43. The summed E-state index contributed by atoms with van der Waals surface area (Å²) in [5, 5.41) is 12.8. The molecule has 0 atom stereocenters. The Morgan fingerprint density at radius 2 is 2.15 bits per heavy atom. The van der Waals surface area contributed by atoms with Crippen LogP contribution in [-0.4, -0.2) is 23.2 Å². The van der Waals surface area contributed by atoms with E-state index in [1.54, 1.807) is 19.1 Å². The van der Waals surface area contributed by atoms with E-state index in [1.807, 2.05) is 6.92 Å². The summed E-state index contributed by atoms with van der Waals surface area (Å²) in [5.41, 5.74) is 0.703. The molecule has 9 heteroatoms. The maximum Gasteiger partial charge on any atom is 0.340 e. The van der Waals surface area contributed by atoms with Crippen LogP contribution < -0.4 is 15.7 Å². The summed E-state index contributed by atoms with van der Waals surface area (Å²) in [7, 11) is 1.48. The van der Waals surface area contributed by atoms with Crippen LogP contribution >= 0.6 is 22.9 Å². The van der Waals surface area contributed by atoms with E-state index in [9.17, 15) is 9.59 Å². The first kappa shape index (κ1) is 18.3. The summed E-state index contributed by atoms with van der Waals surface area (Å²) < 4.78 is 10.5. The van der Waals surface area contributed by atoms with Gasteiger partial charge in [-0.2, -0.15) is 0 Å². The fourth-order valence-electron chi connectivity index (χ4n) is 2.52. The SMILES string of the molecule is CCc1nnc(NC(=O)Cc2c(C)c3cc(Cl)c(OC)cc3oc2=O)s1. The molecule has 0 aliphatic rings. The zero-order valence-corrected chi connectivity index (χ0v) is 16.0. The lowest BCUT2D eigenvalue weighted by Crippen LogP contribution is -2.20. The van der Waals surface area contributed by atoms with Gasteiger partial charge < -0.3 is 14.5 Å². The standard InChI is InChI=1S/C17H16ClN3O4S/c1-4-15-20-21-17(26-15)19-14(22)6-10-8(2)9-5-11(18)13(24-3)7-12(9)25-16(10)23/h5,7H,4,6H2,1-3H3,(H,19,21,22). The Kier molecular flexibility index (Phi) is 5.24. The van der Waals surface area contributed by atoms with Gasteiger partial charge in [-0.1, -0.05) is 29.9 Å². The normalized spacial score (nSPS) is 10.9. The second-order valence-corrected chi connectivity index (χ2v) is 7.02. The Labute approximate surface area is 158 Å². The smallest absolute Gasteiger partial charge is 0.340 e. The molecule has 0 saturated heterocycles. The number of carbonyl (C=O) groups is 1. The van der Waals surface area contributed by atoms with E-state index in [0.29, 0.717) is 32.4 Å². The molecule has 26 heavy (non-hydrogen) atoms. The van der Waals surface area contributed by atoms with E-state index in [1.165, 1.54) is 18.4 Å². The molecule has 0 bridgehead atoms. The van der Waals surface area contributed by atoms with Gasteiger partial charge in [0.05, 0.1) is 24.1 Å². The van der Waals surface area contributed by atoms with Crippen LogP contribution in [0, 0.1) is 6.92 Å². The zero-order valence-electron chi connectivity index (χ0n) is 14.4. The third-order valence-electron chi connectivity index (χ3n) is 3.91. The van der Waals surface area contributed by atoms with Gasteiger partial charge >= 0.3 is 5.63 Å². The van der Waals surface area contributed by atoms with Crippen LogP contribution in [0.2, 0.25) is 5.02 Å². The molecule has 0 unspecified atom stereocenters. The van der Waals surface area contributed by atoms with Crippen molar-refractivity contribution in [2.75, 3.05) is 12.4 Å². The number of fused-ring (bicyclic) bond motifs is 1. The van der Waals surface area contributed by atoms with Crippen molar-refractivity contribution in [2.24, 2.45) is 0 Å². The lowest BCUT2D eigenvalue weighted by Gasteiger charge is -2.10. The van der Waals surface area contributed by atoms with Gasteiger partial charge in [0, 0.05) is 11.5 Å². The van der Waals surface area contributed by atoms with E-state index in [4.69, 9.17) is 20.8 Å². The fourth-order valence-corrected chi connectivity index (χ4v) is 3.46. The van der Waals surface area contributed by atoms with E-state index in [0.717, 1.165) is 11.4 Å². The maximum absolute atomic E-state index is 12.3. The van der Waals surface area contributed by atoms with Gasteiger partial charge in [0.15, 0.2) is 0 Å². The van der Waals surface area contributed by atoms with Crippen LogP contribution in [0.3, 0.4) is 0 Å². The number of carbonyl (C=O) groups excluding carboxylic acids is 1. The van der Waals surface area contributed by atoms with Crippen LogP contribution in [0.15, 0.2) is 21.3 Å². The Hall–Kier alpha value is -2.45. The number of amides is 1. The minimum absolute atomic E-state index is 0.130. The quantitative estimate of drug-likeness (QED) is 0.668. The summed E-state index contributed by atoms with van der Waals surface area (Å²) in [6.45, 7) is 3.71. The zero-order chi connectivity index (χ0) is 18.8. The van der Waals surface area contributed by atoms with Crippen molar-refractivity contribution >= 4 is 44.9 Å². The van der Waals surface area contributed by atoms with Crippen molar-refractivity contribution in [2.45, 2.75) is 26.7 Å². The summed E-state index contributed by atoms with van der Waals surface area (Å²) >= 11 is 7.46. The molecule has 0 spiro atoms. The van der Waals surface area contributed by atoms with Crippen LogP contribution in [-0.2, 0) is 17.6 Å². The lowest BCUT2D eigenvalue weighted by atomic mass is 10.0. The molecule has 136 valence electrons. The van der Waals surface area contributed by atoms with Gasteiger partial charge in [0.25, 0.3) is 0 Å². The van der Waals surface area contributed by atoms with Gasteiger partial charge in [-0.15, -0.1) is 10.2 Å². The molecule has 1 aromatic carbocycles. The van der Waals surface area contributed by atoms with Crippen molar-refractivity contribution < 1.29 is 13.9 Å². The van der Waals surface area contributed by atoms with E-state index in [2.05, 4.69) is 15.5 Å². The fraction of sp³-hybridized carbons (Fsp3) is 0.294. The predicted molar refractivity (Wildman–Crippen MR) is 100 cm³/mol. The summed E-state index contributed by atoms with van der Waals surface area (Å²) in [6.07, 6.45) is 0.611. The molecule has 0 aliphatic heterocycles. The van der Waals surface area contributed by atoms with Crippen LogP contribution in [0.25, 0.3) is 11.0 Å². The molecule has 0 saturated carbocycles. The number of aromatic nitrogens is 2. The minimum Gasteiger partial charge on any atom is -0.495 e. The number of ether oxygens (including phenoxy) is 1. The third kappa shape index (κ3) is 3.56. The van der Waals surface area contributed by atoms with E-state index < -0.39 is 5.63 Å². The molecule has 2 heterocycles. The number of rotatable bonds is 5. The average Bonchev–Trinajstić information content (AvgIpc) is 3.06. The highest BCUT2D eigenvalue weighted by atomic mass is 35.5. The molecular formula is C17H16ClN3O4S. The van der Waals surface area contributed by atoms with Crippen molar-refractivity contribution in [1.29, 1.82) is 0 Å². The number of hydrogen-bond acceptors (Lipinski definition) is 7. The first-order valence-corrected chi connectivity index (χ1v) is 9.04. The minimum atomic E-state index is -0.568. The van der Waals surface area contributed by atoms with Crippen LogP contribution in [0.4, 0.5) is 5.13 Å². The molecule has 0 aliphatic carbocycles. The number of halogens is 1. The third-order valence-corrected chi connectivity index (χ3v) is 5.19. The largest absolute Gasteiger partial charge is 0.495 e. The highest BCUT2D eigenvalue weighted by molar-refractivity contribution is 7.15. The van der Waals surface area contributed by atoms with Crippen molar-refractivity contribution in [1.82, 2.24) is 10.2 Å². The molecule has 2 aromatic heterocycles. The number of nitrogens with one attached hydrogen (secondary N) is 1. The topological polar surface area (TPSA) is 94.3 Å². The summed E-state index contributed by atoms with van der Waals surface area (Å²) in [6, 6.07) is 3.22. The second-order valence-electron chi connectivity index (χ2n) is 5.56. The maximum atomic E-state index is 12.3. The molecule has 1 N–H and O–H groups in total. The molecule has 7 nitrogen and oxygen atoms in total. The van der Waals surface area contributed by atoms with Gasteiger partial charge in [-0.3, -0.25) is 4.79 Å². The van der Waals surface area contributed by atoms with Gasteiger partial charge in [0.2, 0.25) is 11.0 Å². The highest BCUT2D eigenvalue weighted by Gasteiger charge is 2.17. The molecule has 0 fully saturated rings. The van der Waals surface area contributed by atoms with E-state index in [-0.39, 0.29) is 17.9 Å². The van der Waals surface area contributed by atoms with Gasteiger partial charge in [0.1, 0.15) is 16.3 Å². The van der Waals surface area contributed by atoms with Crippen LogP contribution in [0.1, 0.15) is 23.1 Å². The predicted octanol–water partition coefficient (Wildman–Crippen LogP) is 3.36. The first-order chi connectivity index (χ1) is 12.4. The first-order valence-electron chi connectivity index (χ1n) is 7.85. The van der Waals surface area contributed by atoms with Gasteiger partial charge in [-0.25, -0.2) is 4.79 Å². The number of methoxy groups -OCH3 is 1. The Balaban J connectivity index is 1.92. The van der Waals surface area contributed by atoms with Gasteiger partial charge in [-0.05, 0) is 25.0 Å². The monoisotopic (exact) mass is 393 g/mol. The molecule has 0 radical (unpaired) electrons. The van der Waals surface area contributed by atoms with Crippen molar-refractivity contribution in [3.8, 4) is 5.75 Å². The Bertz CT molecular complexity index is 1040. The number of aryl methyl sites for hydroxylation is 2. The average molecular weight is 394 g/mol. The van der Waals surface area contributed by atoms with Crippen LogP contribution in [0.5, 0.6) is 5.75 Å². The summed E-state index contributed by atoms with van der Waals surface area (Å²) in [5.74, 6) is 0.0494. The molecular weight excluding hydrogens is 378 g/mol. The lowest BCUT2D eigenvalue weighted by molar-refractivity contribution is -0.115. The molecule has 3 rings (SSSR count). The number of nitrogens with zero attached hydrogens (tertiary/aromatic N) is 2.